The Morgan fingerprint density at radius 2 is 1.65 bits per heavy atom. The molecule has 0 aromatic heterocycles. The number of hydrogen-bond acceptors (Lipinski definition) is 3. The van der Waals surface area contributed by atoms with Crippen molar-refractivity contribution >= 4 is 27.3 Å². The first-order valence-electron chi connectivity index (χ1n) is 6.24. The zero-order valence-electron chi connectivity index (χ0n) is 11.5. The number of rotatable bonds is 5. The summed E-state index contributed by atoms with van der Waals surface area (Å²) in [5.41, 5.74) is -0.0910. The van der Waals surface area contributed by atoms with Gasteiger partial charge in [0.25, 0.3) is 10.0 Å². The van der Waals surface area contributed by atoms with E-state index in [0.717, 1.165) is 0 Å². The Morgan fingerprint density at radius 3 is 2.26 bits per heavy atom. The fourth-order valence-corrected chi connectivity index (χ4v) is 2.85. The van der Waals surface area contributed by atoms with E-state index >= 15 is 0 Å². The average Bonchev–Trinajstić information content (AvgIpc) is 2.45. The number of nitrogens with one attached hydrogen (secondary N) is 1. The highest BCUT2D eigenvalue weighted by atomic mass is 35.5. The molecule has 0 fully saturated rings. The number of ether oxygens (including phenoxy) is 1. The van der Waals surface area contributed by atoms with Crippen LogP contribution in [-0.4, -0.2) is 21.2 Å². The Balaban J connectivity index is 2.24. The number of para-hydroxylation sites is 2. The molecule has 0 aliphatic heterocycles. The molecular weight excluding hydrogens is 355 g/mol. The summed E-state index contributed by atoms with van der Waals surface area (Å²) < 4.78 is 68.0. The van der Waals surface area contributed by atoms with E-state index in [1.807, 2.05) is 0 Å². The molecule has 0 heterocycles. The molecule has 0 aliphatic rings. The van der Waals surface area contributed by atoms with Gasteiger partial charge in [-0.2, -0.15) is 13.2 Å². The van der Waals surface area contributed by atoms with Crippen molar-refractivity contribution in [1.29, 1.82) is 0 Å². The molecule has 9 heteroatoms. The molecule has 124 valence electrons. The van der Waals surface area contributed by atoms with Gasteiger partial charge < -0.3 is 4.74 Å². The first-order valence-corrected chi connectivity index (χ1v) is 8.10. The van der Waals surface area contributed by atoms with Crippen molar-refractivity contribution in [2.75, 3.05) is 11.3 Å². The molecular formula is C14H11ClF3NO3S. The minimum atomic E-state index is -4.53. The van der Waals surface area contributed by atoms with Gasteiger partial charge in [0.2, 0.25) is 0 Å². The summed E-state index contributed by atoms with van der Waals surface area (Å²) in [4.78, 5) is -0.0764. The van der Waals surface area contributed by atoms with E-state index in [2.05, 4.69) is 9.46 Å². The van der Waals surface area contributed by atoms with Crippen molar-refractivity contribution in [1.82, 2.24) is 0 Å². The van der Waals surface area contributed by atoms with Gasteiger partial charge in [0.1, 0.15) is 5.75 Å². The average molecular weight is 366 g/mol. The van der Waals surface area contributed by atoms with Gasteiger partial charge in [-0.15, -0.1) is 0 Å². The molecule has 0 aliphatic carbocycles. The lowest BCUT2D eigenvalue weighted by atomic mass is 10.3. The van der Waals surface area contributed by atoms with E-state index in [-0.39, 0.29) is 16.3 Å². The molecule has 2 aromatic rings. The minimum absolute atomic E-state index is 0.0764. The number of alkyl halides is 3. The molecule has 0 unspecified atom stereocenters. The molecule has 0 radical (unpaired) electrons. The maximum absolute atomic E-state index is 12.2. The Morgan fingerprint density at radius 1 is 1.04 bits per heavy atom. The Kier molecular flexibility index (Phi) is 5.06. The highest BCUT2D eigenvalue weighted by molar-refractivity contribution is 7.92. The quantitative estimate of drug-likeness (QED) is 0.868. The van der Waals surface area contributed by atoms with E-state index in [1.165, 1.54) is 48.5 Å². The van der Waals surface area contributed by atoms with Crippen LogP contribution in [-0.2, 0) is 10.0 Å². The van der Waals surface area contributed by atoms with Crippen LogP contribution in [0.3, 0.4) is 0 Å². The largest absolute Gasteiger partial charge is 0.482 e. The van der Waals surface area contributed by atoms with Crippen LogP contribution in [0.25, 0.3) is 0 Å². The second kappa shape index (κ2) is 6.67. The first kappa shape index (κ1) is 17.4. The lowest BCUT2D eigenvalue weighted by Crippen LogP contribution is -2.20. The fraction of sp³-hybridized carbons (Fsp3) is 0.143. The molecule has 0 bridgehead atoms. The second-order valence-corrected chi connectivity index (χ2v) is 6.58. The minimum Gasteiger partial charge on any atom is -0.482 e. The third-order valence-electron chi connectivity index (χ3n) is 2.65. The maximum atomic E-state index is 12.2. The van der Waals surface area contributed by atoms with Crippen molar-refractivity contribution in [2.24, 2.45) is 0 Å². The normalized spacial score (nSPS) is 12.0. The molecule has 23 heavy (non-hydrogen) atoms. The third kappa shape index (κ3) is 5.04. The van der Waals surface area contributed by atoms with Crippen molar-refractivity contribution in [3.8, 4) is 5.75 Å². The molecule has 0 amide bonds. The predicted octanol–water partition coefficient (Wildman–Crippen LogP) is 4.08. The van der Waals surface area contributed by atoms with Crippen molar-refractivity contribution in [2.45, 2.75) is 11.1 Å². The molecule has 1 N–H and O–H groups in total. The zero-order valence-corrected chi connectivity index (χ0v) is 13.0. The smallest absolute Gasteiger partial charge is 0.422 e. The van der Waals surface area contributed by atoms with Crippen LogP contribution < -0.4 is 9.46 Å². The van der Waals surface area contributed by atoms with Gasteiger partial charge in [-0.1, -0.05) is 23.7 Å². The van der Waals surface area contributed by atoms with Crippen molar-refractivity contribution in [3.05, 3.63) is 53.6 Å². The molecule has 0 atom stereocenters. The summed E-state index contributed by atoms with van der Waals surface area (Å²) in [5, 5.41) is 0.359. The first-order chi connectivity index (χ1) is 10.7. The number of benzene rings is 2. The maximum Gasteiger partial charge on any atom is 0.422 e. The van der Waals surface area contributed by atoms with Crippen LogP contribution in [0.1, 0.15) is 0 Å². The van der Waals surface area contributed by atoms with Gasteiger partial charge in [-0.3, -0.25) is 4.72 Å². The second-order valence-electron chi connectivity index (χ2n) is 4.46. The van der Waals surface area contributed by atoms with E-state index in [4.69, 9.17) is 11.6 Å². The van der Waals surface area contributed by atoms with Crippen LogP contribution in [0, 0.1) is 0 Å². The summed E-state index contributed by atoms with van der Waals surface area (Å²) in [6, 6.07) is 10.8. The standard InChI is InChI=1S/C14H11ClF3NO3S/c15-10-5-7-11(8-6-10)23(20,21)19-12-3-1-2-4-13(12)22-9-14(16,17)18/h1-8,19H,9H2. The number of halogens is 4. The molecule has 0 saturated heterocycles. The van der Waals surface area contributed by atoms with Crippen LogP contribution in [0.15, 0.2) is 53.4 Å². The van der Waals surface area contributed by atoms with Crippen LogP contribution >= 0.6 is 11.6 Å². The van der Waals surface area contributed by atoms with E-state index in [9.17, 15) is 21.6 Å². The van der Waals surface area contributed by atoms with Gasteiger partial charge >= 0.3 is 6.18 Å². The SMILES string of the molecule is O=S(=O)(Nc1ccccc1OCC(F)(F)F)c1ccc(Cl)cc1. The number of sulfonamides is 1. The third-order valence-corrected chi connectivity index (χ3v) is 4.28. The molecule has 4 nitrogen and oxygen atoms in total. The van der Waals surface area contributed by atoms with Crippen LogP contribution in [0.4, 0.5) is 18.9 Å². The van der Waals surface area contributed by atoms with E-state index < -0.39 is 22.8 Å². The summed E-state index contributed by atoms with van der Waals surface area (Å²) in [6.07, 6.45) is -4.53. The number of hydrogen-bond donors (Lipinski definition) is 1. The topological polar surface area (TPSA) is 55.4 Å². The van der Waals surface area contributed by atoms with E-state index in [1.54, 1.807) is 0 Å². The van der Waals surface area contributed by atoms with Crippen LogP contribution in [0.2, 0.25) is 5.02 Å². The Bertz CT molecular complexity index is 777. The van der Waals surface area contributed by atoms with Gasteiger partial charge in [0, 0.05) is 5.02 Å². The van der Waals surface area contributed by atoms with Gasteiger partial charge in [-0.05, 0) is 36.4 Å². The molecule has 0 spiro atoms. The highest BCUT2D eigenvalue weighted by Gasteiger charge is 2.29. The summed E-state index contributed by atoms with van der Waals surface area (Å²) >= 11 is 5.69. The number of anilines is 1. The van der Waals surface area contributed by atoms with Crippen molar-refractivity contribution < 1.29 is 26.3 Å². The molecule has 2 aromatic carbocycles. The summed E-state index contributed by atoms with van der Waals surface area (Å²) in [6.45, 7) is -1.52. The highest BCUT2D eigenvalue weighted by Crippen LogP contribution is 2.28. The van der Waals surface area contributed by atoms with E-state index in [0.29, 0.717) is 5.02 Å². The monoisotopic (exact) mass is 365 g/mol. The van der Waals surface area contributed by atoms with Crippen molar-refractivity contribution in [3.63, 3.8) is 0 Å². The zero-order chi connectivity index (χ0) is 17.1. The Labute approximate surface area is 135 Å². The lowest BCUT2D eigenvalue weighted by Gasteiger charge is -2.14. The predicted molar refractivity (Wildman–Crippen MR) is 80.3 cm³/mol. The molecule has 2 rings (SSSR count). The van der Waals surface area contributed by atoms with Gasteiger partial charge in [0.05, 0.1) is 10.6 Å². The van der Waals surface area contributed by atoms with Crippen LogP contribution in [0.5, 0.6) is 5.75 Å². The summed E-state index contributed by atoms with van der Waals surface area (Å²) in [5.74, 6) is -0.220. The fourth-order valence-electron chi connectivity index (χ4n) is 1.65. The lowest BCUT2D eigenvalue weighted by molar-refractivity contribution is -0.153. The van der Waals surface area contributed by atoms with Gasteiger partial charge in [-0.25, -0.2) is 8.42 Å². The summed E-state index contributed by atoms with van der Waals surface area (Å²) in [7, 11) is -3.98. The Hall–Kier alpha value is -1.93. The van der Waals surface area contributed by atoms with Gasteiger partial charge in [0.15, 0.2) is 6.61 Å². The molecule has 0 saturated carbocycles.